The summed E-state index contributed by atoms with van der Waals surface area (Å²) < 4.78 is 0. The van der Waals surface area contributed by atoms with E-state index in [-0.39, 0.29) is 17.1 Å². The van der Waals surface area contributed by atoms with Gasteiger partial charge in [-0.2, -0.15) is 0 Å². The molecule has 0 spiro atoms. The van der Waals surface area contributed by atoms with Crippen LogP contribution in [0.2, 0.25) is 0 Å². The molecule has 120 valence electrons. The average Bonchev–Trinajstić information content (AvgIpc) is 2.57. The molecule has 0 aliphatic heterocycles. The molecule has 0 amide bonds. The number of aryl methyl sites for hydroxylation is 1. The number of nitro groups is 1. The van der Waals surface area contributed by atoms with E-state index in [1.54, 1.807) is 18.2 Å². The summed E-state index contributed by atoms with van der Waals surface area (Å²) in [6.45, 7) is 1.88. The van der Waals surface area contributed by atoms with Crippen LogP contribution < -0.4 is 0 Å². The van der Waals surface area contributed by atoms with Crippen molar-refractivity contribution >= 4 is 27.8 Å². The minimum atomic E-state index is -0.702. The third-order valence-electron chi connectivity index (χ3n) is 3.66. The molecule has 2 N–H and O–H groups in total. The van der Waals surface area contributed by atoms with Crippen LogP contribution in [-0.4, -0.2) is 15.1 Å². The van der Waals surface area contributed by atoms with E-state index in [2.05, 4.69) is 10.2 Å². The zero-order valence-corrected chi connectivity index (χ0v) is 12.7. The molecule has 3 rings (SSSR count). The Bertz CT molecular complexity index is 983. The van der Waals surface area contributed by atoms with Crippen LogP contribution in [0.25, 0.3) is 10.8 Å². The number of aromatic hydroxyl groups is 2. The van der Waals surface area contributed by atoms with Crippen LogP contribution in [0, 0.1) is 17.0 Å². The molecule has 0 saturated carbocycles. The standard InChI is InChI=1S/C17H13N3O4/c1-10-9-14(16(21)12-6-3-2-5-11(10)12)19-18-13-7-4-8-15(17(13)22)20(23)24/h2-9,21-22H,1H3. The van der Waals surface area contributed by atoms with E-state index in [9.17, 15) is 20.3 Å². The van der Waals surface area contributed by atoms with Crippen LogP contribution in [0.5, 0.6) is 11.5 Å². The Labute approximate surface area is 136 Å². The van der Waals surface area contributed by atoms with Crippen molar-refractivity contribution in [3.63, 3.8) is 0 Å². The van der Waals surface area contributed by atoms with Gasteiger partial charge in [0.25, 0.3) is 0 Å². The molecule has 0 saturated heterocycles. The first-order valence-electron chi connectivity index (χ1n) is 7.08. The molecule has 3 aromatic carbocycles. The summed E-state index contributed by atoms with van der Waals surface area (Å²) in [7, 11) is 0. The number of nitro benzene ring substituents is 1. The van der Waals surface area contributed by atoms with Gasteiger partial charge >= 0.3 is 5.69 Å². The van der Waals surface area contributed by atoms with E-state index < -0.39 is 16.4 Å². The van der Waals surface area contributed by atoms with Gasteiger partial charge in [-0.15, -0.1) is 10.2 Å². The second kappa shape index (κ2) is 5.96. The first-order chi connectivity index (χ1) is 11.5. The summed E-state index contributed by atoms with van der Waals surface area (Å²) >= 11 is 0. The van der Waals surface area contributed by atoms with E-state index in [1.807, 2.05) is 19.1 Å². The molecular weight excluding hydrogens is 310 g/mol. The van der Waals surface area contributed by atoms with Crippen molar-refractivity contribution in [3.8, 4) is 11.5 Å². The first kappa shape index (κ1) is 15.4. The van der Waals surface area contributed by atoms with Crippen LogP contribution >= 0.6 is 0 Å². The summed E-state index contributed by atoms with van der Waals surface area (Å²) in [6.07, 6.45) is 0. The molecule has 0 bridgehead atoms. The monoisotopic (exact) mass is 323 g/mol. The van der Waals surface area contributed by atoms with Gasteiger partial charge in [-0.1, -0.05) is 30.3 Å². The van der Waals surface area contributed by atoms with Gasteiger partial charge < -0.3 is 10.2 Å². The number of fused-ring (bicyclic) bond motifs is 1. The Morgan fingerprint density at radius 3 is 2.29 bits per heavy atom. The lowest BCUT2D eigenvalue weighted by Crippen LogP contribution is -1.87. The predicted octanol–water partition coefficient (Wildman–Crippen LogP) is 4.88. The number of para-hydroxylation sites is 1. The number of azo groups is 1. The van der Waals surface area contributed by atoms with Crippen molar-refractivity contribution in [2.75, 3.05) is 0 Å². The Hall–Kier alpha value is -3.48. The SMILES string of the molecule is Cc1cc(N=Nc2cccc([N+](=O)[O-])c2O)c(O)c2ccccc12. The summed E-state index contributed by atoms with van der Waals surface area (Å²) in [5.74, 6) is -0.604. The van der Waals surface area contributed by atoms with E-state index in [0.717, 1.165) is 10.9 Å². The van der Waals surface area contributed by atoms with E-state index >= 15 is 0 Å². The highest BCUT2D eigenvalue weighted by Gasteiger charge is 2.16. The average molecular weight is 323 g/mol. The second-order valence-corrected chi connectivity index (χ2v) is 5.21. The zero-order chi connectivity index (χ0) is 17.3. The Kier molecular flexibility index (Phi) is 3.83. The van der Waals surface area contributed by atoms with Gasteiger partial charge in [-0.05, 0) is 30.0 Å². The highest BCUT2D eigenvalue weighted by molar-refractivity contribution is 5.94. The van der Waals surface area contributed by atoms with Crippen molar-refractivity contribution in [2.45, 2.75) is 6.92 Å². The van der Waals surface area contributed by atoms with Crippen molar-refractivity contribution in [1.82, 2.24) is 0 Å². The van der Waals surface area contributed by atoms with Gasteiger partial charge in [-0.25, -0.2) is 0 Å². The van der Waals surface area contributed by atoms with E-state index in [1.165, 1.54) is 18.2 Å². The van der Waals surface area contributed by atoms with Crippen LogP contribution in [0.1, 0.15) is 5.56 Å². The molecule has 0 aromatic heterocycles. The van der Waals surface area contributed by atoms with E-state index in [0.29, 0.717) is 5.39 Å². The van der Waals surface area contributed by atoms with Crippen molar-refractivity contribution in [3.05, 3.63) is 64.2 Å². The molecule has 7 heteroatoms. The van der Waals surface area contributed by atoms with Gasteiger partial charge in [0.05, 0.1) is 4.92 Å². The fourth-order valence-corrected chi connectivity index (χ4v) is 2.45. The lowest BCUT2D eigenvalue weighted by molar-refractivity contribution is -0.385. The van der Waals surface area contributed by atoms with Gasteiger partial charge in [0.2, 0.25) is 5.75 Å². The largest absolute Gasteiger partial charge is 0.505 e. The molecule has 3 aromatic rings. The fourth-order valence-electron chi connectivity index (χ4n) is 2.45. The lowest BCUT2D eigenvalue weighted by atomic mass is 10.0. The minimum absolute atomic E-state index is 0.0372. The molecule has 0 heterocycles. The first-order valence-corrected chi connectivity index (χ1v) is 7.08. The smallest absolute Gasteiger partial charge is 0.313 e. The van der Waals surface area contributed by atoms with Gasteiger partial charge in [0.1, 0.15) is 11.4 Å². The Balaban J connectivity index is 2.08. The van der Waals surface area contributed by atoms with Gasteiger partial charge in [0, 0.05) is 11.5 Å². The Morgan fingerprint density at radius 2 is 1.58 bits per heavy atom. The number of phenolic OH excluding ortho intramolecular Hbond substituents is 2. The summed E-state index contributed by atoms with van der Waals surface area (Å²) in [5.41, 5.74) is 0.623. The van der Waals surface area contributed by atoms with Crippen LogP contribution in [0.15, 0.2) is 58.8 Å². The maximum absolute atomic E-state index is 10.8. The normalized spacial score (nSPS) is 11.2. The van der Waals surface area contributed by atoms with E-state index in [4.69, 9.17) is 0 Å². The molecular formula is C17H13N3O4. The van der Waals surface area contributed by atoms with Crippen LogP contribution in [-0.2, 0) is 0 Å². The highest BCUT2D eigenvalue weighted by Crippen LogP contribution is 2.40. The molecule has 0 radical (unpaired) electrons. The number of rotatable bonds is 3. The third kappa shape index (κ3) is 2.63. The van der Waals surface area contributed by atoms with Gasteiger partial charge in [-0.3, -0.25) is 10.1 Å². The summed E-state index contributed by atoms with van der Waals surface area (Å²) in [5, 5.41) is 40.3. The highest BCUT2D eigenvalue weighted by atomic mass is 16.6. The zero-order valence-electron chi connectivity index (χ0n) is 12.7. The number of benzene rings is 3. The molecule has 0 aliphatic carbocycles. The van der Waals surface area contributed by atoms with Crippen LogP contribution in [0.4, 0.5) is 17.1 Å². The molecule has 0 fully saturated rings. The maximum atomic E-state index is 10.8. The van der Waals surface area contributed by atoms with Crippen molar-refractivity contribution in [2.24, 2.45) is 10.2 Å². The Morgan fingerprint density at radius 1 is 0.917 bits per heavy atom. The molecule has 0 unspecified atom stereocenters. The number of phenols is 2. The summed E-state index contributed by atoms with van der Waals surface area (Å²) in [6, 6.07) is 13.0. The minimum Gasteiger partial charge on any atom is -0.505 e. The quantitative estimate of drug-likeness (QED) is 0.406. The lowest BCUT2D eigenvalue weighted by Gasteiger charge is -2.07. The van der Waals surface area contributed by atoms with Crippen LogP contribution in [0.3, 0.4) is 0 Å². The molecule has 0 atom stereocenters. The summed E-state index contributed by atoms with van der Waals surface area (Å²) in [4.78, 5) is 10.1. The molecule has 7 nitrogen and oxygen atoms in total. The topological polar surface area (TPSA) is 108 Å². The second-order valence-electron chi connectivity index (χ2n) is 5.21. The fraction of sp³-hybridized carbons (Fsp3) is 0.0588. The molecule has 24 heavy (non-hydrogen) atoms. The van der Waals surface area contributed by atoms with Crippen molar-refractivity contribution in [1.29, 1.82) is 0 Å². The predicted molar refractivity (Wildman–Crippen MR) is 89.3 cm³/mol. The number of nitrogens with zero attached hydrogens (tertiary/aromatic N) is 3. The maximum Gasteiger partial charge on any atom is 0.313 e. The van der Waals surface area contributed by atoms with Gasteiger partial charge in [0.15, 0.2) is 5.75 Å². The number of hydrogen-bond donors (Lipinski definition) is 2. The molecule has 0 aliphatic rings. The third-order valence-corrected chi connectivity index (χ3v) is 3.66. The number of hydrogen-bond acceptors (Lipinski definition) is 6. The van der Waals surface area contributed by atoms with Crippen molar-refractivity contribution < 1.29 is 15.1 Å².